The Balaban J connectivity index is 2.25. The van der Waals surface area contributed by atoms with E-state index in [9.17, 15) is 5.11 Å². The number of aliphatic hydroxyl groups is 1. The molecule has 1 aliphatic heterocycles. The summed E-state index contributed by atoms with van der Waals surface area (Å²) in [5.41, 5.74) is 0.813. The largest absolute Gasteiger partial charge is 0.497 e. The average molecular weight is 252 g/mol. The Morgan fingerprint density at radius 1 is 1.22 bits per heavy atom. The molecule has 0 aliphatic carbocycles. The normalized spacial score (nSPS) is 24.9. The summed E-state index contributed by atoms with van der Waals surface area (Å²) >= 11 is 0. The minimum absolute atomic E-state index is 0.0807. The zero-order valence-electron chi connectivity index (χ0n) is 11.1. The Bertz CT molecular complexity index is 383. The number of rotatable bonds is 4. The van der Waals surface area contributed by atoms with Gasteiger partial charge in [-0.25, -0.2) is 0 Å². The molecule has 1 aromatic rings. The van der Waals surface area contributed by atoms with Crippen LogP contribution in [0.15, 0.2) is 18.2 Å². The Morgan fingerprint density at radius 2 is 1.83 bits per heavy atom. The molecule has 4 nitrogen and oxygen atoms in total. The molecule has 100 valence electrons. The van der Waals surface area contributed by atoms with Crippen LogP contribution in [0, 0.1) is 5.92 Å². The van der Waals surface area contributed by atoms with Crippen LogP contribution in [0.1, 0.15) is 25.0 Å². The highest BCUT2D eigenvalue weighted by atomic mass is 16.5. The summed E-state index contributed by atoms with van der Waals surface area (Å²) in [6, 6.07) is 5.49. The van der Waals surface area contributed by atoms with Crippen molar-refractivity contribution in [2.45, 2.75) is 25.6 Å². The quantitative estimate of drug-likeness (QED) is 0.892. The molecule has 18 heavy (non-hydrogen) atoms. The SMILES string of the molecule is COc1cc(OC)cc(C(O)C2CCOC2C)c1. The van der Waals surface area contributed by atoms with Gasteiger partial charge in [-0.1, -0.05) is 0 Å². The van der Waals surface area contributed by atoms with E-state index in [1.54, 1.807) is 20.3 Å². The molecule has 0 saturated carbocycles. The van der Waals surface area contributed by atoms with Gasteiger partial charge < -0.3 is 19.3 Å². The first-order valence-corrected chi connectivity index (χ1v) is 6.18. The van der Waals surface area contributed by atoms with Gasteiger partial charge in [0.2, 0.25) is 0 Å². The molecule has 3 atom stereocenters. The van der Waals surface area contributed by atoms with Gasteiger partial charge >= 0.3 is 0 Å². The maximum atomic E-state index is 10.4. The number of benzene rings is 1. The molecular formula is C14H20O4. The van der Waals surface area contributed by atoms with Crippen molar-refractivity contribution in [1.29, 1.82) is 0 Å². The van der Waals surface area contributed by atoms with Crippen molar-refractivity contribution in [1.82, 2.24) is 0 Å². The predicted molar refractivity (Wildman–Crippen MR) is 68.0 cm³/mol. The number of ether oxygens (including phenoxy) is 3. The first kappa shape index (κ1) is 13.2. The number of methoxy groups -OCH3 is 2. The van der Waals surface area contributed by atoms with Crippen LogP contribution in [-0.2, 0) is 4.74 Å². The Morgan fingerprint density at radius 3 is 2.28 bits per heavy atom. The summed E-state index contributed by atoms with van der Waals surface area (Å²) in [6.07, 6.45) is 0.408. The van der Waals surface area contributed by atoms with E-state index in [-0.39, 0.29) is 12.0 Å². The van der Waals surface area contributed by atoms with Gasteiger partial charge in [0, 0.05) is 18.6 Å². The third-order valence-electron chi connectivity index (χ3n) is 3.56. The van der Waals surface area contributed by atoms with E-state index >= 15 is 0 Å². The summed E-state index contributed by atoms with van der Waals surface area (Å²) < 4.78 is 15.9. The van der Waals surface area contributed by atoms with Crippen LogP contribution in [0.2, 0.25) is 0 Å². The van der Waals surface area contributed by atoms with E-state index in [1.807, 2.05) is 19.1 Å². The van der Waals surface area contributed by atoms with Crippen LogP contribution in [-0.4, -0.2) is 32.0 Å². The second-order valence-corrected chi connectivity index (χ2v) is 4.62. The number of hydrogen-bond acceptors (Lipinski definition) is 4. The molecule has 2 rings (SSSR count). The summed E-state index contributed by atoms with van der Waals surface area (Å²) in [5.74, 6) is 1.51. The van der Waals surface area contributed by atoms with Crippen LogP contribution < -0.4 is 9.47 Å². The minimum atomic E-state index is -0.550. The Labute approximate surface area is 107 Å². The summed E-state index contributed by atoms with van der Waals surface area (Å²) in [6.45, 7) is 2.71. The summed E-state index contributed by atoms with van der Waals surface area (Å²) in [5, 5.41) is 10.4. The van der Waals surface area contributed by atoms with Crippen molar-refractivity contribution in [2.75, 3.05) is 20.8 Å². The molecule has 4 heteroatoms. The fourth-order valence-corrected chi connectivity index (χ4v) is 2.41. The standard InChI is InChI=1S/C14H20O4/c1-9-13(4-5-18-9)14(15)10-6-11(16-2)8-12(7-10)17-3/h6-9,13-15H,4-5H2,1-3H3. The van der Waals surface area contributed by atoms with Crippen LogP contribution in [0.25, 0.3) is 0 Å². The van der Waals surface area contributed by atoms with Gasteiger partial charge in [-0.2, -0.15) is 0 Å². The highest BCUT2D eigenvalue weighted by Gasteiger charge is 2.32. The maximum absolute atomic E-state index is 10.4. The van der Waals surface area contributed by atoms with Gasteiger partial charge in [0.05, 0.1) is 26.4 Å². The van der Waals surface area contributed by atoms with Gasteiger partial charge in [0.25, 0.3) is 0 Å². The van der Waals surface area contributed by atoms with Crippen LogP contribution >= 0.6 is 0 Å². The lowest BCUT2D eigenvalue weighted by Crippen LogP contribution is -2.19. The molecule has 1 heterocycles. The Hall–Kier alpha value is -1.26. The van der Waals surface area contributed by atoms with Crippen molar-refractivity contribution >= 4 is 0 Å². The highest BCUT2D eigenvalue weighted by Crippen LogP contribution is 2.36. The molecule has 1 saturated heterocycles. The molecular weight excluding hydrogens is 232 g/mol. The van der Waals surface area contributed by atoms with Crippen molar-refractivity contribution < 1.29 is 19.3 Å². The van der Waals surface area contributed by atoms with Crippen molar-refractivity contribution in [3.05, 3.63) is 23.8 Å². The van der Waals surface area contributed by atoms with E-state index in [4.69, 9.17) is 14.2 Å². The highest BCUT2D eigenvalue weighted by molar-refractivity contribution is 5.39. The number of aliphatic hydroxyl groups excluding tert-OH is 1. The lowest BCUT2D eigenvalue weighted by Gasteiger charge is -2.22. The van der Waals surface area contributed by atoms with E-state index in [0.717, 1.165) is 12.0 Å². The van der Waals surface area contributed by atoms with E-state index in [0.29, 0.717) is 18.1 Å². The van der Waals surface area contributed by atoms with E-state index < -0.39 is 6.10 Å². The molecule has 1 aliphatic rings. The molecule has 0 amide bonds. The predicted octanol–water partition coefficient (Wildman–Crippen LogP) is 2.16. The lowest BCUT2D eigenvalue weighted by atomic mass is 9.90. The number of hydrogen-bond donors (Lipinski definition) is 1. The van der Waals surface area contributed by atoms with E-state index in [2.05, 4.69) is 0 Å². The fraction of sp³-hybridized carbons (Fsp3) is 0.571. The van der Waals surface area contributed by atoms with Crippen LogP contribution in [0.4, 0.5) is 0 Å². The zero-order chi connectivity index (χ0) is 13.1. The molecule has 1 N–H and O–H groups in total. The lowest BCUT2D eigenvalue weighted by molar-refractivity contribution is 0.0429. The minimum Gasteiger partial charge on any atom is -0.497 e. The van der Waals surface area contributed by atoms with Crippen molar-refractivity contribution in [3.8, 4) is 11.5 Å². The van der Waals surface area contributed by atoms with E-state index in [1.165, 1.54) is 0 Å². The third kappa shape index (κ3) is 2.60. The van der Waals surface area contributed by atoms with Gasteiger partial charge in [-0.05, 0) is 31.0 Å². The van der Waals surface area contributed by atoms with Crippen molar-refractivity contribution in [3.63, 3.8) is 0 Å². The van der Waals surface area contributed by atoms with Gasteiger partial charge in [-0.3, -0.25) is 0 Å². The maximum Gasteiger partial charge on any atom is 0.122 e. The third-order valence-corrected chi connectivity index (χ3v) is 3.56. The molecule has 0 spiro atoms. The topological polar surface area (TPSA) is 47.9 Å². The summed E-state index contributed by atoms with van der Waals surface area (Å²) in [7, 11) is 3.21. The van der Waals surface area contributed by atoms with Crippen molar-refractivity contribution in [2.24, 2.45) is 5.92 Å². The fourth-order valence-electron chi connectivity index (χ4n) is 2.41. The first-order chi connectivity index (χ1) is 8.65. The second kappa shape index (κ2) is 5.59. The van der Waals surface area contributed by atoms with Crippen LogP contribution in [0.5, 0.6) is 11.5 Å². The molecule has 0 radical (unpaired) electrons. The van der Waals surface area contributed by atoms with Gasteiger partial charge in [-0.15, -0.1) is 0 Å². The smallest absolute Gasteiger partial charge is 0.122 e. The average Bonchev–Trinajstić information content (AvgIpc) is 2.83. The molecule has 1 fully saturated rings. The Kier molecular flexibility index (Phi) is 4.09. The molecule has 1 aromatic carbocycles. The monoisotopic (exact) mass is 252 g/mol. The molecule has 0 aromatic heterocycles. The van der Waals surface area contributed by atoms with Gasteiger partial charge in [0.15, 0.2) is 0 Å². The summed E-state index contributed by atoms with van der Waals surface area (Å²) in [4.78, 5) is 0. The second-order valence-electron chi connectivity index (χ2n) is 4.62. The zero-order valence-corrected chi connectivity index (χ0v) is 11.1. The van der Waals surface area contributed by atoms with Gasteiger partial charge in [0.1, 0.15) is 11.5 Å². The molecule has 3 unspecified atom stereocenters. The molecule has 0 bridgehead atoms. The first-order valence-electron chi connectivity index (χ1n) is 6.18. The van der Waals surface area contributed by atoms with Crippen LogP contribution in [0.3, 0.4) is 0 Å².